The molecule has 0 aliphatic carbocycles. The molecular formula is C68H118O16P2. The summed E-state index contributed by atoms with van der Waals surface area (Å²) in [4.78, 5) is 24.0. The maximum absolute atomic E-state index is 14.7. The van der Waals surface area contributed by atoms with E-state index in [1.54, 1.807) is 24.3 Å². The van der Waals surface area contributed by atoms with E-state index in [1.807, 2.05) is 36.4 Å². The van der Waals surface area contributed by atoms with Crippen molar-refractivity contribution in [3.63, 3.8) is 0 Å². The predicted octanol–water partition coefficient (Wildman–Crippen LogP) is 18.3. The van der Waals surface area contributed by atoms with Crippen LogP contribution in [0, 0.1) is 0 Å². The minimum absolute atomic E-state index is 0.269. The van der Waals surface area contributed by atoms with E-state index in [0.717, 1.165) is 89.9 Å². The second-order valence-corrected chi connectivity index (χ2v) is 27.1. The Labute approximate surface area is 520 Å². The van der Waals surface area contributed by atoms with Gasteiger partial charge in [0, 0.05) is 26.4 Å². The number of hydrogen-bond acceptors (Lipinski definition) is 14. The van der Waals surface area contributed by atoms with Crippen LogP contribution in [0.25, 0.3) is 0 Å². The number of fused-ring (bicyclic) bond motifs is 2. The second-order valence-electron chi connectivity index (χ2n) is 24.3. The van der Waals surface area contributed by atoms with Crippen LogP contribution in [0.15, 0.2) is 60.7 Å². The van der Waals surface area contributed by atoms with Crippen LogP contribution in [0.3, 0.4) is 0 Å². The summed E-state index contributed by atoms with van der Waals surface area (Å²) in [7, 11) is -10.2. The minimum Gasteiger partial charge on any atom is -0.462 e. The number of phosphoric acid groups is 2. The topological polar surface area (TPSA) is 185 Å². The number of para-hydroxylation sites is 2. The van der Waals surface area contributed by atoms with Gasteiger partial charge in [-0.1, -0.05) is 270 Å². The molecule has 3 aliphatic rings. The van der Waals surface area contributed by atoms with Crippen LogP contribution in [-0.4, -0.2) is 111 Å². The summed E-state index contributed by atoms with van der Waals surface area (Å²) in [6.45, 7) is 8.82. The third-order valence-corrected chi connectivity index (χ3v) is 18.7. The maximum Gasteiger partial charge on any atom is 0.472 e. The molecular weight excluding hydrogens is 1130 g/mol. The Bertz CT molecular complexity index is 1880. The Balaban J connectivity index is 1.42. The smallest absolute Gasteiger partial charge is 0.462 e. The van der Waals surface area contributed by atoms with Crippen LogP contribution < -0.4 is 9.47 Å². The standard InChI is InChI=1S/C68H118O16P2/c1-5-9-13-17-21-25-29-33-43-51-73-63-61-59(81-67(79-57-47-39-37-40-48-57)65(63)75-53-45-35-31-27-23-19-15-11-7-3)55-77-86(71,72)84-62-60(56-78-85(69,70)83-61)82-68(80-58-49-41-38-42-50-58)66(76-54-46-36-32-28-24-20-16-12-8-4)64(62)74-52-44-34-30-26-22-18-14-10-6-2/h37-42,47-50,59-68H,5-36,43-46,51-56H2,1-4H3,(H,69,70)(H,71,72)/t59-,60-,61-,62-,63+,64+,65-,66-,67-,68-/m1/s1. The SMILES string of the molecule is CCCCCCCCCCCO[C@@H]1[C@@H](OCCCCCCCCCCC)[C@H](Oc2ccccc2)O[C@@H]2COP(=O)(O)O[C@H]3[C@H](OCCCCCCCCCCC)[C@@H](OCCCCCCCCCCC)[C@H](Oc4ccccc4)O[C@@H]3COP(=O)(O)O[C@@H]12. The van der Waals surface area contributed by atoms with Crippen molar-refractivity contribution in [2.75, 3.05) is 39.6 Å². The van der Waals surface area contributed by atoms with Crippen molar-refractivity contribution in [2.24, 2.45) is 0 Å². The predicted molar refractivity (Wildman–Crippen MR) is 341 cm³/mol. The van der Waals surface area contributed by atoms with Crippen LogP contribution in [0.5, 0.6) is 11.5 Å². The Morgan fingerprint density at radius 3 is 0.872 bits per heavy atom. The van der Waals surface area contributed by atoms with Crippen molar-refractivity contribution in [3.8, 4) is 11.5 Å². The highest BCUT2D eigenvalue weighted by Gasteiger charge is 2.56. The normalized spacial score (nSPS) is 27.2. The molecule has 86 heavy (non-hydrogen) atoms. The van der Waals surface area contributed by atoms with Gasteiger partial charge < -0.3 is 47.7 Å². The van der Waals surface area contributed by atoms with E-state index in [0.29, 0.717) is 37.6 Å². The molecule has 0 aromatic heterocycles. The molecule has 12 atom stereocenters. The van der Waals surface area contributed by atoms with E-state index >= 15 is 0 Å². The van der Waals surface area contributed by atoms with Gasteiger partial charge in [0.25, 0.3) is 0 Å². The first kappa shape index (κ1) is 74.7. The van der Waals surface area contributed by atoms with Gasteiger partial charge in [0.2, 0.25) is 12.6 Å². The summed E-state index contributed by atoms with van der Waals surface area (Å²) in [6.07, 6.45) is 28.1. The van der Waals surface area contributed by atoms with Crippen LogP contribution in [0.2, 0.25) is 0 Å². The number of benzene rings is 2. The first-order valence-electron chi connectivity index (χ1n) is 34.6. The van der Waals surface area contributed by atoms with Crippen molar-refractivity contribution < 1.29 is 74.9 Å². The molecule has 3 saturated heterocycles. The molecule has 2 aromatic rings. The van der Waals surface area contributed by atoms with Crippen LogP contribution in [-0.2, 0) is 55.6 Å². The lowest BCUT2D eigenvalue weighted by atomic mass is 9.98. The zero-order chi connectivity index (χ0) is 61.2. The summed E-state index contributed by atoms with van der Waals surface area (Å²) in [5.41, 5.74) is 0. The molecule has 2 unspecified atom stereocenters. The van der Waals surface area contributed by atoms with Crippen molar-refractivity contribution in [3.05, 3.63) is 60.7 Å². The van der Waals surface area contributed by atoms with Gasteiger partial charge in [-0.05, 0) is 49.9 Å². The molecule has 3 fully saturated rings. The molecule has 3 heterocycles. The monoisotopic (exact) mass is 1250 g/mol. The van der Waals surface area contributed by atoms with Gasteiger partial charge >= 0.3 is 15.6 Å². The number of phosphoric ester groups is 2. The van der Waals surface area contributed by atoms with Gasteiger partial charge in [-0.15, -0.1) is 0 Å². The van der Waals surface area contributed by atoms with Crippen LogP contribution >= 0.6 is 15.6 Å². The molecule has 496 valence electrons. The van der Waals surface area contributed by atoms with E-state index in [2.05, 4.69) is 27.7 Å². The summed E-state index contributed by atoms with van der Waals surface area (Å²) >= 11 is 0. The Kier molecular flexibility index (Phi) is 40.1. The Morgan fingerprint density at radius 1 is 0.360 bits per heavy atom. The van der Waals surface area contributed by atoms with Crippen molar-refractivity contribution in [1.29, 1.82) is 0 Å². The van der Waals surface area contributed by atoms with Crippen molar-refractivity contribution in [2.45, 2.75) is 320 Å². The highest BCUT2D eigenvalue weighted by Crippen LogP contribution is 2.53. The zero-order valence-corrected chi connectivity index (χ0v) is 55.5. The molecule has 3 aliphatic heterocycles. The Hall–Kier alpha value is -1.98. The summed E-state index contributed by atoms with van der Waals surface area (Å²) < 4.78 is 107. The van der Waals surface area contributed by atoms with Gasteiger partial charge in [0.1, 0.15) is 60.3 Å². The molecule has 2 aromatic carbocycles. The summed E-state index contributed by atoms with van der Waals surface area (Å²) in [5, 5.41) is 0. The van der Waals surface area contributed by atoms with Gasteiger partial charge in [-0.2, -0.15) is 0 Å². The van der Waals surface area contributed by atoms with Crippen LogP contribution in [0.4, 0.5) is 0 Å². The molecule has 0 bridgehead atoms. The average Bonchev–Trinajstić information content (AvgIpc) is 1.02. The molecule has 0 amide bonds. The Morgan fingerprint density at radius 2 is 0.605 bits per heavy atom. The molecule has 18 heteroatoms. The van der Waals surface area contributed by atoms with E-state index in [-0.39, 0.29) is 13.2 Å². The fraction of sp³-hybridized carbons (Fsp3) is 0.824. The lowest BCUT2D eigenvalue weighted by Crippen LogP contribution is -2.63. The lowest BCUT2D eigenvalue weighted by Gasteiger charge is -2.47. The molecule has 16 nitrogen and oxygen atoms in total. The highest BCUT2D eigenvalue weighted by molar-refractivity contribution is 7.47. The minimum atomic E-state index is -5.09. The van der Waals surface area contributed by atoms with Crippen molar-refractivity contribution >= 4 is 15.6 Å². The number of unbranched alkanes of at least 4 members (excludes halogenated alkanes) is 32. The zero-order valence-electron chi connectivity index (χ0n) is 53.7. The maximum atomic E-state index is 14.7. The van der Waals surface area contributed by atoms with Gasteiger partial charge in [0.05, 0.1) is 13.2 Å². The third kappa shape index (κ3) is 30.9. The lowest BCUT2D eigenvalue weighted by molar-refractivity contribution is -0.299. The van der Waals surface area contributed by atoms with E-state index in [9.17, 15) is 18.9 Å². The number of ether oxygens (including phenoxy) is 8. The molecule has 5 rings (SSSR count). The largest absolute Gasteiger partial charge is 0.472 e. The fourth-order valence-electron chi connectivity index (χ4n) is 11.7. The molecule has 0 spiro atoms. The first-order valence-corrected chi connectivity index (χ1v) is 37.6. The van der Waals surface area contributed by atoms with Crippen LogP contribution in [0.1, 0.15) is 259 Å². The van der Waals surface area contributed by atoms with E-state index < -0.39 is 90.3 Å². The quantitative estimate of drug-likeness (QED) is 0.0470. The molecule has 2 N–H and O–H groups in total. The molecule has 0 radical (unpaired) electrons. The van der Waals surface area contributed by atoms with Gasteiger partial charge in [-0.3, -0.25) is 18.1 Å². The van der Waals surface area contributed by atoms with Gasteiger partial charge in [-0.25, -0.2) is 9.13 Å². The molecule has 0 saturated carbocycles. The fourth-order valence-corrected chi connectivity index (χ4v) is 13.6. The summed E-state index contributed by atoms with van der Waals surface area (Å²) in [6, 6.07) is 18.3. The third-order valence-electron chi connectivity index (χ3n) is 16.7. The number of rotatable bonds is 48. The number of hydrogen-bond donors (Lipinski definition) is 2. The van der Waals surface area contributed by atoms with Crippen molar-refractivity contribution in [1.82, 2.24) is 0 Å². The second kappa shape index (κ2) is 46.1. The van der Waals surface area contributed by atoms with E-state index in [4.69, 9.17) is 56.0 Å². The summed E-state index contributed by atoms with van der Waals surface area (Å²) in [5.74, 6) is 0.960. The van der Waals surface area contributed by atoms with E-state index in [1.165, 1.54) is 128 Å². The highest BCUT2D eigenvalue weighted by atomic mass is 31.2. The van der Waals surface area contributed by atoms with Gasteiger partial charge in [0.15, 0.2) is 0 Å². The average molecular weight is 1250 g/mol. The first-order chi connectivity index (χ1) is 42.1.